The predicted octanol–water partition coefficient (Wildman–Crippen LogP) is 2.32. The Kier molecular flexibility index (Phi) is 4.11. The van der Waals surface area contributed by atoms with E-state index in [0.29, 0.717) is 37.6 Å². The van der Waals surface area contributed by atoms with Crippen LogP contribution in [0, 0.1) is 0 Å². The fourth-order valence-electron chi connectivity index (χ4n) is 3.16. The first kappa shape index (κ1) is 15.7. The molecule has 6 heteroatoms. The monoisotopic (exact) mass is 338 g/mol. The molecule has 4 rings (SSSR count). The zero-order chi connectivity index (χ0) is 17.2. The van der Waals surface area contributed by atoms with Crippen molar-refractivity contribution in [1.29, 1.82) is 0 Å². The number of aromatic nitrogens is 1. The number of amides is 1. The normalized spacial score (nSPS) is 14.8. The molecule has 1 aromatic carbocycles. The van der Waals surface area contributed by atoms with Crippen LogP contribution in [0.2, 0.25) is 0 Å². The van der Waals surface area contributed by atoms with E-state index in [2.05, 4.69) is 0 Å². The van der Waals surface area contributed by atoms with Gasteiger partial charge in [0.2, 0.25) is 11.7 Å². The molecule has 0 radical (unpaired) electrons. The van der Waals surface area contributed by atoms with E-state index >= 15 is 0 Å². The molecule has 0 bridgehead atoms. The zero-order valence-electron chi connectivity index (χ0n) is 13.7. The third-order valence-corrected chi connectivity index (χ3v) is 4.45. The number of ketones is 1. The number of hydrogen-bond acceptors (Lipinski definition) is 4. The summed E-state index contributed by atoms with van der Waals surface area (Å²) in [6, 6.07) is 10.9. The molecular formula is C19H18N2O4. The molecule has 0 N–H and O–H groups in total. The molecule has 1 saturated heterocycles. The summed E-state index contributed by atoms with van der Waals surface area (Å²) in [6.07, 6.45) is 3.22. The van der Waals surface area contributed by atoms with Crippen molar-refractivity contribution in [3.8, 4) is 0 Å². The molecule has 0 spiro atoms. The van der Waals surface area contributed by atoms with Gasteiger partial charge in [-0.1, -0.05) is 18.2 Å². The van der Waals surface area contributed by atoms with Crippen molar-refractivity contribution in [2.24, 2.45) is 0 Å². The largest absolute Gasteiger partial charge is 0.461 e. The van der Waals surface area contributed by atoms with Crippen molar-refractivity contribution < 1.29 is 18.7 Å². The Balaban J connectivity index is 1.67. The molecule has 3 heterocycles. The van der Waals surface area contributed by atoms with Crippen LogP contribution in [0.1, 0.15) is 16.1 Å². The molecule has 0 saturated carbocycles. The van der Waals surface area contributed by atoms with Crippen molar-refractivity contribution in [3.05, 3.63) is 60.2 Å². The molecule has 1 amide bonds. The average Bonchev–Trinajstić information content (AvgIpc) is 3.31. The second-order valence-corrected chi connectivity index (χ2v) is 5.99. The highest BCUT2D eigenvalue weighted by atomic mass is 16.5. The highest BCUT2D eigenvalue weighted by molar-refractivity contribution is 6.15. The standard InChI is InChI=1S/C19H18N2O4/c22-18(20-7-10-24-11-8-20)13-21-12-15(14-4-1-2-5-16(14)21)19(23)17-6-3-9-25-17/h1-6,9,12H,7-8,10-11,13H2. The quantitative estimate of drug-likeness (QED) is 0.685. The third kappa shape index (κ3) is 2.96. The van der Waals surface area contributed by atoms with Crippen molar-refractivity contribution in [1.82, 2.24) is 9.47 Å². The van der Waals surface area contributed by atoms with Crippen LogP contribution in [-0.2, 0) is 16.1 Å². The van der Waals surface area contributed by atoms with Crippen LogP contribution in [0.3, 0.4) is 0 Å². The number of furan rings is 1. The summed E-state index contributed by atoms with van der Waals surface area (Å²) in [5, 5.41) is 0.818. The fourth-order valence-corrected chi connectivity index (χ4v) is 3.16. The predicted molar refractivity (Wildman–Crippen MR) is 91.5 cm³/mol. The topological polar surface area (TPSA) is 64.7 Å². The molecule has 1 aliphatic heterocycles. The Hall–Kier alpha value is -2.86. The lowest BCUT2D eigenvalue weighted by molar-refractivity contribution is -0.135. The van der Waals surface area contributed by atoms with Gasteiger partial charge in [0.25, 0.3) is 0 Å². The molecule has 6 nitrogen and oxygen atoms in total. The lowest BCUT2D eigenvalue weighted by atomic mass is 10.1. The molecular weight excluding hydrogens is 320 g/mol. The molecule has 0 aliphatic carbocycles. The number of carbonyl (C=O) groups is 2. The lowest BCUT2D eigenvalue weighted by Crippen LogP contribution is -2.42. The van der Waals surface area contributed by atoms with Crippen LogP contribution in [0.4, 0.5) is 0 Å². The highest BCUT2D eigenvalue weighted by Crippen LogP contribution is 2.24. The molecule has 0 unspecified atom stereocenters. The molecule has 2 aromatic heterocycles. The summed E-state index contributed by atoms with van der Waals surface area (Å²) in [4.78, 5) is 27.1. The SMILES string of the molecule is O=C(c1ccco1)c1cn(CC(=O)N2CCOCC2)c2ccccc12. The van der Waals surface area contributed by atoms with Crippen molar-refractivity contribution in [2.75, 3.05) is 26.3 Å². The smallest absolute Gasteiger partial charge is 0.242 e. The molecule has 1 fully saturated rings. The Morgan fingerprint density at radius 1 is 1.04 bits per heavy atom. The van der Waals surface area contributed by atoms with Gasteiger partial charge in [0.15, 0.2) is 5.76 Å². The molecule has 0 atom stereocenters. The van der Waals surface area contributed by atoms with Gasteiger partial charge >= 0.3 is 0 Å². The number of carbonyl (C=O) groups excluding carboxylic acids is 2. The zero-order valence-corrected chi connectivity index (χ0v) is 13.7. The van der Waals surface area contributed by atoms with Crippen LogP contribution >= 0.6 is 0 Å². The van der Waals surface area contributed by atoms with E-state index in [9.17, 15) is 9.59 Å². The number of fused-ring (bicyclic) bond motifs is 1. The van der Waals surface area contributed by atoms with Crippen LogP contribution in [0.5, 0.6) is 0 Å². The first-order valence-corrected chi connectivity index (χ1v) is 8.25. The fraction of sp³-hybridized carbons (Fsp3) is 0.263. The minimum atomic E-state index is -0.182. The minimum absolute atomic E-state index is 0.0288. The average molecular weight is 338 g/mol. The van der Waals surface area contributed by atoms with Crippen LogP contribution in [0.15, 0.2) is 53.3 Å². The Labute approximate surface area is 144 Å². The van der Waals surface area contributed by atoms with Gasteiger partial charge in [-0.05, 0) is 18.2 Å². The van der Waals surface area contributed by atoms with Gasteiger partial charge in [-0.3, -0.25) is 9.59 Å². The summed E-state index contributed by atoms with van der Waals surface area (Å²) in [5.74, 6) is 0.141. The minimum Gasteiger partial charge on any atom is -0.461 e. The van der Waals surface area contributed by atoms with E-state index in [0.717, 1.165) is 10.9 Å². The van der Waals surface area contributed by atoms with Crippen molar-refractivity contribution in [2.45, 2.75) is 6.54 Å². The van der Waals surface area contributed by atoms with E-state index < -0.39 is 0 Å². The van der Waals surface area contributed by atoms with E-state index in [4.69, 9.17) is 9.15 Å². The van der Waals surface area contributed by atoms with Gasteiger partial charge in [0.05, 0.1) is 25.0 Å². The van der Waals surface area contributed by atoms with Crippen LogP contribution < -0.4 is 0 Å². The number of rotatable bonds is 4. The van der Waals surface area contributed by atoms with E-state index in [-0.39, 0.29) is 18.2 Å². The number of ether oxygens (including phenoxy) is 1. The Morgan fingerprint density at radius 3 is 2.60 bits per heavy atom. The second kappa shape index (κ2) is 6.57. The maximum atomic E-state index is 12.7. The van der Waals surface area contributed by atoms with E-state index in [1.54, 1.807) is 23.2 Å². The molecule has 25 heavy (non-hydrogen) atoms. The summed E-state index contributed by atoms with van der Waals surface area (Å²) in [7, 11) is 0. The van der Waals surface area contributed by atoms with Crippen LogP contribution in [-0.4, -0.2) is 47.5 Å². The number of hydrogen-bond donors (Lipinski definition) is 0. The van der Waals surface area contributed by atoms with Crippen LogP contribution in [0.25, 0.3) is 10.9 Å². The summed E-state index contributed by atoms with van der Waals surface area (Å²) in [6.45, 7) is 2.55. The summed E-state index contributed by atoms with van der Waals surface area (Å²) >= 11 is 0. The lowest BCUT2D eigenvalue weighted by Gasteiger charge is -2.27. The number of benzene rings is 1. The van der Waals surface area contributed by atoms with Gasteiger partial charge in [-0.25, -0.2) is 0 Å². The molecule has 128 valence electrons. The number of morpholine rings is 1. The Morgan fingerprint density at radius 2 is 1.84 bits per heavy atom. The van der Waals surface area contributed by atoms with Gasteiger partial charge in [0, 0.05) is 30.2 Å². The number of para-hydroxylation sites is 1. The molecule has 3 aromatic rings. The molecule has 1 aliphatic rings. The van der Waals surface area contributed by atoms with Crippen molar-refractivity contribution >= 4 is 22.6 Å². The van der Waals surface area contributed by atoms with Gasteiger partial charge in [-0.15, -0.1) is 0 Å². The van der Waals surface area contributed by atoms with Crippen molar-refractivity contribution in [3.63, 3.8) is 0 Å². The van der Waals surface area contributed by atoms with Gasteiger partial charge in [0.1, 0.15) is 6.54 Å². The van der Waals surface area contributed by atoms with E-state index in [1.807, 2.05) is 28.8 Å². The highest BCUT2D eigenvalue weighted by Gasteiger charge is 2.21. The summed E-state index contributed by atoms with van der Waals surface area (Å²) < 4.78 is 12.4. The second-order valence-electron chi connectivity index (χ2n) is 5.99. The maximum absolute atomic E-state index is 12.7. The van der Waals surface area contributed by atoms with Gasteiger partial charge in [-0.2, -0.15) is 0 Å². The van der Waals surface area contributed by atoms with E-state index in [1.165, 1.54) is 6.26 Å². The maximum Gasteiger partial charge on any atom is 0.242 e. The van der Waals surface area contributed by atoms with Gasteiger partial charge < -0.3 is 18.6 Å². The Bertz CT molecular complexity index is 905. The summed E-state index contributed by atoms with van der Waals surface area (Å²) in [5.41, 5.74) is 1.40. The number of nitrogens with zero attached hydrogens (tertiary/aromatic N) is 2. The first-order valence-electron chi connectivity index (χ1n) is 8.25. The first-order chi connectivity index (χ1) is 12.2. The third-order valence-electron chi connectivity index (χ3n) is 4.45.